The van der Waals surface area contributed by atoms with E-state index in [1.165, 1.54) is 23.1 Å². The minimum absolute atomic E-state index is 0.0565. The van der Waals surface area contributed by atoms with Gasteiger partial charge in [0, 0.05) is 17.1 Å². The fourth-order valence-corrected chi connectivity index (χ4v) is 4.71. The van der Waals surface area contributed by atoms with Crippen LogP contribution in [0.25, 0.3) is 21.6 Å². The molecule has 4 rings (SSSR count). The SMILES string of the molecule is COCCn1c(SCc2nc(-c3ccccc3Br)no2)nc2ccsc2c1=O. The molecule has 7 nitrogen and oxygen atoms in total. The smallest absolute Gasteiger partial charge is 0.272 e. The number of nitrogens with zero attached hydrogens (tertiary/aromatic N) is 4. The number of ether oxygens (including phenoxy) is 1. The van der Waals surface area contributed by atoms with Crippen LogP contribution in [0.1, 0.15) is 5.89 Å². The van der Waals surface area contributed by atoms with Gasteiger partial charge in [0.25, 0.3) is 5.56 Å². The number of hydrogen-bond acceptors (Lipinski definition) is 8. The third-order valence-electron chi connectivity index (χ3n) is 3.96. The molecule has 3 heterocycles. The first-order valence-electron chi connectivity index (χ1n) is 8.34. The van der Waals surface area contributed by atoms with Crippen molar-refractivity contribution in [3.63, 3.8) is 0 Å². The highest BCUT2D eigenvalue weighted by atomic mass is 79.9. The first-order valence-corrected chi connectivity index (χ1v) is 11.0. The molecule has 1 aromatic carbocycles. The van der Waals surface area contributed by atoms with Gasteiger partial charge in [0.05, 0.1) is 24.4 Å². The van der Waals surface area contributed by atoms with Crippen molar-refractivity contribution in [3.05, 3.63) is 56.4 Å². The standard InChI is InChI=1S/C18H15BrN4O3S2/c1-25-8-7-23-17(24)15-13(6-9-27-15)20-18(23)28-10-14-21-16(22-26-14)11-4-2-3-5-12(11)19/h2-6,9H,7-8,10H2,1H3. The summed E-state index contributed by atoms with van der Waals surface area (Å²) in [7, 11) is 1.61. The third-order valence-corrected chi connectivity index (χ3v) is 6.50. The molecular formula is C18H15BrN4O3S2. The van der Waals surface area contributed by atoms with E-state index in [4.69, 9.17) is 9.26 Å². The van der Waals surface area contributed by atoms with Crippen molar-refractivity contribution in [3.8, 4) is 11.4 Å². The van der Waals surface area contributed by atoms with Gasteiger partial charge in [0.1, 0.15) is 4.70 Å². The molecule has 0 atom stereocenters. The Morgan fingerprint density at radius 3 is 2.96 bits per heavy atom. The highest BCUT2D eigenvalue weighted by Crippen LogP contribution is 2.27. The predicted molar refractivity (Wildman–Crippen MR) is 113 cm³/mol. The molecular weight excluding hydrogens is 464 g/mol. The van der Waals surface area contributed by atoms with E-state index in [0.29, 0.717) is 46.0 Å². The number of methoxy groups -OCH3 is 1. The molecule has 0 aliphatic rings. The summed E-state index contributed by atoms with van der Waals surface area (Å²) in [6.45, 7) is 0.864. The lowest BCUT2D eigenvalue weighted by Crippen LogP contribution is -2.24. The zero-order chi connectivity index (χ0) is 19.5. The van der Waals surface area contributed by atoms with E-state index in [2.05, 4.69) is 31.1 Å². The Bertz CT molecular complexity index is 1170. The molecule has 0 radical (unpaired) electrons. The molecule has 4 aromatic rings. The van der Waals surface area contributed by atoms with Crippen LogP contribution in [0.5, 0.6) is 0 Å². The number of thioether (sulfide) groups is 1. The van der Waals surface area contributed by atoms with Crippen LogP contribution in [0.3, 0.4) is 0 Å². The van der Waals surface area contributed by atoms with Crippen LogP contribution in [0.2, 0.25) is 0 Å². The van der Waals surface area contributed by atoms with Gasteiger partial charge < -0.3 is 9.26 Å². The summed E-state index contributed by atoms with van der Waals surface area (Å²) >= 11 is 6.28. The van der Waals surface area contributed by atoms with Crippen LogP contribution in [-0.4, -0.2) is 33.4 Å². The highest BCUT2D eigenvalue weighted by molar-refractivity contribution is 9.10. The molecule has 0 N–H and O–H groups in total. The van der Waals surface area contributed by atoms with Crippen molar-refractivity contribution < 1.29 is 9.26 Å². The fourth-order valence-electron chi connectivity index (χ4n) is 2.61. The number of benzene rings is 1. The van der Waals surface area contributed by atoms with Gasteiger partial charge in [-0.2, -0.15) is 4.98 Å². The van der Waals surface area contributed by atoms with E-state index in [0.717, 1.165) is 10.0 Å². The monoisotopic (exact) mass is 478 g/mol. The van der Waals surface area contributed by atoms with Crippen molar-refractivity contribution in [1.29, 1.82) is 0 Å². The van der Waals surface area contributed by atoms with E-state index < -0.39 is 0 Å². The lowest BCUT2D eigenvalue weighted by molar-refractivity contribution is 0.183. The van der Waals surface area contributed by atoms with Gasteiger partial charge in [-0.15, -0.1) is 11.3 Å². The fraction of sp³-hybridized carbons (Fsp3) is 0.222. The summed E-state index contributed by atoms with van der Waals surface area (Å²) in [4.78, 5) is 21.8. The highest BCUT2D eigenvalue weighted by Gasteiger charge is 2.15. The van der Waals surface area contributed by atoms with Crippen molar-refractivity contribution >= 4 is 49.2 Å². The maximum atomic E-state index is 12.8. The Hall–Kier alpha value is -2.01. The second-order valence-electron chi connectivity index (χ2n) is 5.76. The lowest BCUT2D eigenvalue weighted by Gasteiger charge is -2.10. The normalized spacial score (nSPS) is 11.4. The second-order valence-corrected chi connectivity index (χ2v) is 8.47. The van der Waals surface area contributed by atoms with E-state index >= 15 is 0 Å². The molecule has 3 aromatic heterocycles. The summed E-state index contributed by atoms with van der Waals surface area (Å²) in [5.41, 5.74) is 1.50. The minimum Gasteiger partial charge on any atom is -0.383 e. The third kappa shape index (κ3) is 3.90. The molecule has 10 heteroatoms. The van der Waals surface area contributed by atoms with Crippen molar-refractivity contribution in [2.75, 3.05) is 13.7 Å². The molecule has 28 heavy (non-hydrogen) atoms. The van der Waals surface area contributed by atoms with E-state index in [9.17, 15) is 4.79 Å². The average molecular weight is 479 g/mol. The number of thiophene rings is 1. The van der Waals surface area contributed by atoms with E-state index in [1.807, 2.05) is 35.7 Å². The van der Waals surface area contributed by atoms with Crippen LogP contribution < -0.4 is 5.56 Å². The van der Waals surface area contributed by atoms with Gasteiger partial charge in [-0.3, -0.25) is 9.36 Å². The summed E-state index contributed by atoms with van der Waals surface area (Å²) in [5, 5.41) is 6.53. The predicted octanol–water partition coefficient (Wildman–Crippen LogP) is 4.21. The van der Waals surface area contributed by atoms with Gasteiger partial charge >= 0.3 is 0 Å². The average Bonchev–Trinajstić information content (AvgIpc) is 3.36. The summed E-state index contributed by atoms with van der Waals surface area (Å²) in [6, 6.07) is 9.54. The van der Waals surface area contributed by atoms with Crippen LogP contribution >= 0.6 is 39.0 Å². The first-order chi connectivity index (χ1) is 13.7. The molecule has 0 aliphatic heterocycles. The number of fused-ring (bicyclic) bond motifs is 1. The molecule has 0 saturated carbocycles. The van der Waals surface area contributed by atoms with Crippen molar-refractivity contribution in [1.82, 2.24) is 19.7 Å². The van der Waals surface area contributed by atoms with Gasteiger partial charge in [0.15, 0.2) is 5.16 Å². The van der Waals surface area contributed by atoms with Crippen LogP contribution in [0, 0.1) is 0 Å². The Balaban J connectivity index is 1.59. The van der Waals surface area contributed by atoms with E-state index in [-0.39, 0.29) is 5.56 Å². The van der Waals surface area contributed by atoms with Crippen LogP contribution in [-0.2, 0) is 17.0 Å². The maximum Gasteiger partial charge on any atom is 0.272 e. The van der Waals surface area contributed by atoms with Crippen molar-refractivity contribution in [2.45, 2.75) is 17.5 Å². The van der Waals surface area contributed by atoms with Gasteiger partial charge in [-0.1, -0.05) is 45.0 Å². The number of hydrogen-bond donors (Lipinski definition) is 0. The largest absolute Gasteiger partial charge is 0.383 e. The van der Waals surface area contributed by atoms with Crippen LogP contribution in [0.4, 0.5) is 0 Å². The summed E-state index contributed by atoms with van der Waals surface area (Å²) < 4.78 is 13.7. The molecule has 144 valence electrons. The van der Waals surface area contributed by atoms with Crippen molar-refractivity contribution in [2.24, 2.45) is 0 Å². The molecule has 0 bridgehead atoms. The number of rotatable bonds is 7. The Kier molecular flexibility index (Phi) is 5.90. The van der Waals surface area contributed by atoms with Gasteiger partial charge in [-0.05, 0) is 23.6 Å². The zero-order valence-corrected chi connectivity index (χ0v) is 18.0. The van der Waals surface area contributed by atoms with Gasteiger partial charge in [-0.25, -0.2) is 4.98 Å². The number of halogens is 1. The lowest BCUT2D eigenvalue weighted by atomic mass is 10.2. The zero-order valence-electron chi connectivity index (χ0n) is 14.8. The molecule has 0 amide bonds. The first kappa shape index (κ1) is 19.3. The second kappa shape index (κ2) is 8.56. The molecule has 0 saturated heterocycles. The molecule has 0 aliphatic carbocycles. The van der Waals surface area contributed by atoms with Gasteiger partial charge in [0.2, 0.25) is 11.7 Å². The minimum atomic E-state index is -0.0565. The molecule has 0 spiro atoms. The molecule has 0 unspecified atom stereocenters. The Morgan fingerprint density at radius 2 is 2.14 bits per heavy atom. The topological polar surface area (TPSA) is 83.0 Å². The number of aromatic nitrogens is 4. The summed E-state index contributed by atoms with van der Waals surface area (Å²) in [6.07, 6.45) is 0. The Labute approximate surface area is 176 Å². The van der Waals surface area contributed by atoms with E-state index in [1.54, 1.807) is 11.7 Å². The maximum absolute atomic E-state index is 12.8. The quantitative estimate of drug-likeness (QED) is 0.290. The molecule has 0 fully saturated rings. The summed E-state index contributed by atoms with van der Waals surface area (Å²) in [5.74, 6) is 1.39. The van der Waals surface area contributed by atoms with Crippen LogP contribution in [0.15, 0.2) is 54.7 Å². The Morgan fingerprint density at radius 1 is 1.29 bits per heavy atom.